The molecule has 0 aromatic rings. The van der Waals surface area contributed by atoms with Crippen molar-refractivity contribution in [1.82, 2.24) is 5.32 Å². The zero-order valence-electron chi connectivity index (χ0n) is 7.73. The van der Waals surface area contributed by atoms with E-state index in [1.807, 2.05) is 0 Å². The average Bonchev–Trinajstić information content (AvgIpc) is 2.39. The van der Waals surface area contributed by atoms with Crippen LogP contribution in [0.1, 0.15) is 6.42 Å². The van der Waals surface area contributed by atoms with Crippen LogP contribution in [-0.2, 0) is 14.6 Å². The smallest absolute Gasteiger partial charge is 0.404 e. The van der Waals surface area contributed by atoms with Gasteiger partial charge < -0.3 is 15.8 Å². The van der Waals surface area contributed by atoms with E-state index in [9.17, 15) is 13.2 Å². The molecule has 0 saturated carbocycles. The molecular formula is C7H14N2O4S. The summed E-state index contributed by atoms with van der Waals surface area (Å²) in [4.78, 5) is 10.2. The lowest BCUT2D eigenvalue weighted by Gasteiger charge is -2.09. The summed E-state index contributed by atoms with van der Waals surface area (Å²) < 4.78 is 26.6. The number of carbonyl (C=O) groups excluding carboxylic acids is 1. The Balaban J connectivity index is 2.12. The lowest BCUT2D eigenvalue weighted by atomic mass is 10.3. The minimum absolute atomic E-state index is 0.0172. The Labute approximate surface area is 82.7 Å². The molecular weight excluding hydrogens is 208 g/mol. The summed E-state index contributed by atoms with van der Waals surface area (Å²) in [5.41, 5.74) is 4.74. The maximum absolute atomic E-state index is 11.0. The topological polar surface area (TPSA) is 98.5 Å². The molecule has 7 heteroatoms. The van der Waals surface area contributed by atoms with Gasteiger partial charge in [-0.15, -0.1) is 0 Å². The first kappa shape index (κ1) is 11.3. The summed E-state index contributed by atoms with van der Waals surface area (Å²) >= 11 is 0. The number of ether oxygens (including phenoxy) is 1. The fourth-order valence-electron chi connectivity index (χ4n) is 1.37. The number of primary amides is 1. The summed E-state index contributed by atoms with van der Waals surface area (Å²) in [7, 11) is -2.84. The van der Waals surface area contributed by atoms with Crippen LogP contribution in [0.5, 0.6) is 0 Å². The number of amides is 1. The Morgan fingerprint density at radius 1 is 1.57 bits per heavy atom. The molecule has 1 heterocycles. The number of sulfone groups is 1. The van der Waals surface area contributed by atoms with Crippen molar-refractivity contribution in [3.05, 3.63) is 0 Å². The van der Waals surface area contributed by atoms with Gasteiger partial charge in [-0.3, -0.25) is 0 Å². The molecule has 0 radical (unpaired) electrons. The maximum atomic E-state index is 11.0. The summed E-state index contributed by atoms with van der Waals surface area (Å²) in [6.07, 6.45) is -0.190. The maximum Gasteiger partial charge on any atom is 0.404 e. The lowest BCUT2D eigenvalue weighted by molar-refractivity contribution is 0.156. The molecule has 0 aromatic heterocycles. The molecule has 1 fully saturated rings. The van der Waals surface area contributed by atoms with Crippen molar-refractivity contribution < 1.29 is 17.9 Å². The molecule has 1 unspecified atom stereocenters. The summed E-state index contributed by atoms with van der Waals surface area (Å²) in [5, 5.41) is 2.98. The van der Waals surface area contributed by atoms with Gasteiger partial charge in [-0.25, -0.2) is 13.2 Å². The summed E-state index contributed by atoms with van der Waals surface area (Å²) in [6.45, 7) is 0.606. The van der Waals surface area contributed by atoms with E-state index in [2.05, 4.69) is 10.1 Å². The highest BCUT2D eigenvalue weighted by atomic mass is 32.2. The molecule has 1 amide bonds. The molecule has 1 saturated heterocycles. The number of hydrogen-bond donors (Lipinski definition) is 2. The molecule has 1 aliphatic heterocycles. The zero-order chi connectivity index (χ0) is 10.6. The highest BCUT2D eigenvalue weighted by molar-refractivity contribution is 7.91. The van der Waals surface area contributed by atoms with Crippen LogP contribution in [0.15, 0.2) is 0 Å². The van der Waals surface area contributed by atoms with E-state index in [-0.39, 0.29) is 24.2 Å². The molecule has 1 rings (SSSR count). The number of nitrogens with one attached hydrogen (secondary N) is 1. The van der Waals surface area contributed by atoms with Crippen molar-refractivity contribution in [2.75, 3.05) is 24.7 Å². The van der Waals surface area contributed by atoms with Gasteiger partial charge in [0.25, 0.3) is 0 Å². The average molecular weight is 222 g/mol. The molecule has 14 heavy (non-hydrogen) atoms. The van der Waals surface area contributed by atoms with Gasteiger partial charge in [0.05, 0.1) is 11.5 Å². The summed E-state index contributed by atoms with van der Waals surface area (Å²) in [6, 6.07) is -0.0172. The molecule has 1 aliphatic rings. The molecule has 3 N–H and O–H groups in total. The van der Waals surface area contributed by atoms with Crippen LogP contribution in [0.3, 0.4) is 0 Å². The Hall–Kier alpha value is -0.820. The largest absolute Gasteiger partial charge is 0.448 e. The predicted octanol–water partition coefficient (Wildman–Crippen LogP) is -1.14. The van der Waals surface area contributed by atoms with Crippen LogP contribution in [0, 0.1) is 0 Å². The normalized spacial score (nSPS) is 24.7. The third-order valence-corrected chi connectivity index (χ3v) is 3.78. The third kappa shape index (κ3) is 3.93. The Kier molecular flexibility index (Phi) is 3.70. The number of rotatable bonds is 4. The molecule has 0 bridgehead atoms. The van der Waals surface area contributed by atoms with Gasteiger partial charge in [-0.05, 0) is 6.42 Å². The van der Waals surface area contributed by atoms with Gasteiger partial charge in [0, 0.05) is 12.6 Å². The van der Waals surface area contributed by atoms with Crippen molar-refractivity contribution in [1.29, 1.82) is 0 Å². The van der Waals surface area contributed by atoms with Gasteiger partial charge in [-0.2, -0.15) is 0 Å². The number of carbonyl (C=O) groups is 1. The Morgan fingerprint density at radius 2 is 2.29 bits per heavy atom. The van der Waals surface area contributed by atoms with Crippen molar-refractivity contribution in [2.45, 2.75) is 12.5 Å². The van der Waals surface area contributed by atoms with Crippen LogP contribution < -0.4 is 11.1 Å². The first-order valence-electron chi connectivity index (χ1n) is 4.36. The fraction of sp³-hybridized carbons (Fsp3) is 0.857. The van der Waals surface area contributed by atoms with Crippen LogP contribution in [0.4, 0.5) is 4.79 Å². The molecule has 6 nitrogen and oxygen atoms in total. The van der Waals surface area contributed by atoms with Crippen molar-refractivity contribution in [3.63, 3.8) is 0 Å². The van der Waals surface area contributed by atoms with E-state index >= 15 is 0 Å². The first-order chi connectivity index (χ1) is 6.49. The second-order valence-corrected chi connectivity index (χ2v) is 5.45. The van der Waals surface area contributed by atoms with E-state index in [0.717, 1.165) is 0 Å². The van der Waals surface area contributed by atoms with E-state index < -0.39 is 15.9 Å². The molecule has 0 spiro atoms. The van der Waals surface area contributed by atoms with Crippen molar-refractivity contribution in [2.24, 2.45) is 5.73 Å². The molecule has 0 aliphatic carbocycles. The standard InChI is InChI=1S/C7H14N2O4S/c8-7(10)13-3-2-9-6-1-4-14(11,12)5-6/h6,9H,1-5H2,(H2,8,10). The fourth-order valence-corrected chi connectivity index (χ4v) is 3.08. The Bertz CT molecular complexity index is 301. The first-order valence-corrected chi connectivity index (χ1v) is 6.18. The quantitative estimate of drug-likeness (QED) is 0.586. The molecule has 1 atom stereocenters. The highest BCUT2D eigenvalue weighted by Crippen LogP contribution is 2.10. The molecule has 0 aromatic carbocycles. The minimum atomic E-state index is -2.84. The van der Waals surface area contributed by atoms with Gasteiger partial charge in [0.1, 0.15) is 6.61 Å². The van der Waals surface area contributed by atoms with Crippen molar-refractivity contribution >= 4 is 15.9 Å². The van der Waals surface area contributed by atoms with E-state index in [4.69, 9.17) is 5.73 Å². The lowest BCUT2D eigenvalue weighted by Crippen LogP contribution is -2.33. The predicted molar refractivity (Wildman–Crippen MR) is 50.6 cm³/mol. The van der Waals surface area contributed by atoms with Crippen LogP contribution in [0.2, 0.25) is 0 Å². The second kappa shape index (κ2) is 4.61. The van der Waals surface area contributed by atoms with Gasteiger partial charge in [0.15, 0.2) is 9.84 Å². The van der Waals surface area contributed by atoms with E-state index in [1.165, 1.54) is 0 Å². The van der Waals surface area contributed by atoms with Gasteiger partial charge >= 0.3 is 6.09 Å². The van der Waals surface area contributed by atoms with E-state index in [0.29, 0.717) is 13.0 Å². The monoisotopic (exact) mass is 222 g/mol. The molecule has 82 valence electrons. The van der Waals surface area contributed by atoms with Crippen molar-refractivity contribution in [3.8, 4) is 0 Å². The van der Waals surface area contributed by atoms with E-state index in [1.54, 1.807) is 0 Å². The number of nitrogens with two attached hydrogens (primary N) is 1. The van der Waals surface area contributed by atoms with Crippen LogP contribution >= 0.6 is 0 Å². The zero-order valence-corrected chi connectivity index (χ0v) is 8.55. The van der Waals surface area contributed by atoms with Crippen LogP contribution in [-0.4, -0.2) is 45.2 Å². The second-order valence-electron chi connectivity index (χ2n) is 3.22. The third-order valence-electron chi connectivity index (χ3n) is 2.01. The van der Waals surface area contributed by atoms with Gasteiger partial charge in [-0.1, -0.05) is 0 Å². The van der Waals surface area contributed by atoms with Crippen LogP contribution in [0.25, 0.3) is 0 Å². The Morgan fingerprint density at radius 3 is 2.79 bits per heavy atom. The summed E-state index contributed by atoms with van der Waals surface area (Å²) in [5.74, 6) is 0.408. The van der Waals surface area contributed by atoms with Gasteiger partial charge in [0.2, 0.25) is 0 Å². The SMILES string of the molecule is NC(=O)OCCNC1CCS(=O)(=O)C1. The number of hydrogen-bond acceptors (Lipinski definition) is 5. The highest BCUT2D eigenvalue weighted by Gasteiger charge is 2.26. The minimum Gasteiger partial charge on any atom is -0.448 e.